The van der Waals surface area contributed by atoms with E-state index in [9.17, 15) is 25.2 Å². The third-order valence-electron chi connectivity index (χ3n) is 12.9. The van der Waals surface area contributed by atoms with Crippen LogP contribution in [-0.2, 0) is 33.2 Å². The molecular weight excluding hydrogens is 682 g/mol. The normalized spacial score (nSPS) is 48.4. The van der Waals surface area contributed by atoms with E-state index in [-0.39, 0.29) is 48.8 Å². The highest BCUT2D eigenvalue weighted by Crippen LogP contribution is 2.42. The summed E-state index contributed by atoms with van der Waals surface area (Å²) >= 11 is 0. The molecule has 12 heteroatoms. The summed E-state index contributed by atoms with van der Waals surface area (Å²) in [4.78, 5) is 16.3. The smallest absolute Gasteiger partial charge is 0.311 e. The molecule has 0 aromatic carbocycles. The minimum absolute atomic E-state index is 0.0597. The average molecular weight is 760 g/mol. The first-order chi connectivity index (χ1) is 24.4. The zero-order chi connectivity index (χ0) is 40.4. The third-order valence-corrected chi connectivity index (χ3v) is 12.9. The summed E-state index contributed by atoms with van der Waals surface area (Å²) in [6.07, 6.45) is -5.40. The van der Waals surface area contributed by atoms with E-state index in [4.69, 9.17) is 28.4 Å². The summed E-state index contributed by atoms with van der Waals surface area (Å²) < 4.78 is 38.4. The van der Waals surface area contributed by atoms with Crippen LogP contribution in [0.1, 0.15) is 122 Å². The maximum atomic E-state index is 14.2. The number of cyclic esters (lactones) is 1. The van der Waals surface area contributed by atoms with Crippen molar-refractivity contribution in [1.82, 2.24) is 4.90 Å². The monoisotopic (exact) mass is 760 g/mol. The summed E-state index contributed by atoms with van der Waals surface area (Å²) in [5.41, 5.74) is -3.82. The molecule has 3 aliphatic rings. The Morgan fingerprint density at radius 1 is 0.943 bits per heavy atom. The number of likely N-dealkylation sites (N-methyl/N-ethyl adjacent to an activating group) is 1. The zero-order valence-corrected chi connectivity index (χ0v) is 35.6. The van der Waals surface area contributed by atoms with Gasteiger partial charge in [0.05, 0.1) is 47.6 Å². The van der Waals surface area contributed by atoms with Gasteiger partial charge in [0.15, 0.2) is 12.6 Å². The molecule has 3 fully saturated rings. The van der Waals surface area contributed by atoms with Crippen molar-refractivity contribution in [3.63, 3.8) is 0 Å². The van der Waals surface area contributed by atoms with Gasteiger partial charge in [-0.15, -0.1) is 0 Å². The van der Waals surface area contributed by atoms with Crippen LogP contribution < -0.4 is 0 Å². The molecule has 0 saturated carbocycles. The van der Waals surface area contributed by atoms with Crippen LogP contribution in [0.4, 0.5) is 0 Å². The fraction of sp³-hybridized carbons (Fsp3) is 0.976. The van der Waals surface area contributed by atoms with E-state index in [0.717, 1.165) is 6.54 Å². The molecule has 0 aromatic heterocycles. The molecular formula is C41H77NO11. The molecule has 4 N–H and O–H groups in total. The van der Waals surface area contributed by atoms with Gasteiger partial charge in [-0.3, -0.25) is 4.79 Å². The number of carbonyl (C=O) groups is 1. The van der Waals surface area contributed by atoms with Crippen LogP contribution in [0.25, 0.3) is 0 Å². The number of hydrogen-bond donors (Lipinski definition) is 4. The Morgan fingerprint density at radius 2 is 1.57 bits per heavy atom. The van der Waals surface area contributed by atoms with Crippen molar-refractivity contribution in [3.8, 4) is 0 Å². The highest BCUT2D eigenvalue weighted by atomic mass is 16.7. The Hall–Kier alpha value is -0.930. The quantitative estimate of drug-likeness (QED) is 0.236. The molecule has 0 aromatic rings. The average Bonchev–Trinajstić information content (AvgIpc) is 3.06. The van der Waals surface area contributed by atoms with Crippen LogP contribution in [0, 0.1) is 35.5 Å². The molecule has 0 spiro atoms. The number of ether oxygens (including phenoxy) is 6. The Morgan fingerprint density at radius 3 is 2.13 bits per heavy atom. The summed E-state index contributed by atoms with van der Waals surface area (Å²) in [5.74, 6) is -2.29. The van der Waals surface area contributed by atoms with Crippen molar-refractivity contribution in [2.45, 2.75) is 200 Å². The van der Waals surface area contributed by atoms with Gasteiger partial charge in [-0.25, -0.2) is 0 Å². The number of nitrogens with zero attached hydrogens (tertiary/aromatic N) is 1. The standard InChI is InChI=1S/C41H77NO11/c1-16-31-41(13,47)35(44)24(5)17-23(4)19-39(11,46)36(53-38-33(43)30(18-25(6)49-38)42(14)21-22(2)3)26(7)34(27(8)37(45)51-31)52-32-20-40(12,48-15)28(9)29(10)50-32/h22-36,38,43-44,46-47H,16-21H2,1-15H3/t23-,24+,25+,26-,27+,28-,29-,30-,31-,32-,33+,34-,35+,36+,38-,39-,40+,41+/m0/s1. The summed E-state index contributed by atoms with van der Waals surface area (Å²) in [5, 5.41) is 47.5. The first-order valence-corrected chi connectivity index (χ1v) is 20.3. The maximum absolute atomic E-state index is 14.2. The van der Waals surface area contributed by atoms with E-state index in [1.165, 1.54) is 6.92 Å². The molecule has 0 bridgehead atoms. The molecule has 0 radical (unpaired) electrons. The van der Waals surface area contributed by atoms with Crippen LogP contribution in [0.2, 0.25) is 0 Å². The van der Waals surface area contributed by atoms with Crippen molar-refractivity contribution in [2.24, 2.45) is 35.5 Å². The number of rotatable bonds is 9. The molecule has 3 heterocycles. The third kappa shape index (κ3) is 10.9. The Labute approximate surface area is 320 Å². The molecule has 3 saturated heterocycles. The van der Waals surface area contributed by atoms with Crippen molar-refractivity contribution in [2.75, 3.05) is 20.7 Å². The van der Waals surface area contributed by atoms with Crippen LogP contribution in [-0.4, -0.2) is 130 Å². The molecule has 18 atom stereocenters. The van der Waals surface area contributed by atoms with Gasteiger partial charge in [-0.1, -0.05) is 48.5 Å². The highest BCUT2D eigenvalue weighted by molar-refractivity contribution is 5.73. The van der Waals surface area contributed by atoms with Gasteiger partial charge in [-0.2, -0.15) is 0 Å². The van der Waals surface area contributed by atoms with Crippen molar-refractivity contribution in [3.05, 3.63) is 0 Å². The first-order valence-electron chi connectivity index (χ1n) is 20.3. The predicted octanol–water partition coefficient (Wildman–Crippen LogP) is 4.91. The van der Waals surface area contributed by atoms with Gasteiger partial charge in [0.2, 0.25) is 0 Å². The topological polar surface area (TPSA) is 157 Å². The minimum atomic E-state index is -1.73. The lowest BCUT2D eigenvalue weighted by molar-refractivity contribution is -0.314. The van der Waals surface area contributed by atoms with Gasteiger partial charge in [0.1, 0.15) is 17.8 Å². The fourth-order valence-corrected chi connectivity index (χ4v) is 9.52. The van der Waals surface area contributed by atoms with Gasteiger partial charge in [0.25, 0.3) is 0 Å². The molecule has 312 valence electrons. The second-order valence-electron chi connectivity index (χ2n) is 18.4. The van der Waals surface area contributed by atoms with Crippen LogP contribution in [0.3, 0.4) is 0 Å². The Kier molecular flexibility index (Phi) is 16.3. The second kappa shape index (κ2) is 18.6. The second-order valence-corrected chi connectivity index (χ2v) is 18.4. The van der Waals surface area contributed by atoms with E-state index in [0.29, 0.717) is 25.2 Å². The maximum Gasteiger partial charge on any atom is 0.311 e. The molecule has 0 unspecified atom stereocenters. The molecule has 3 aliphatic heterocycles. The fourth-order valence-electron chi connectivity index (χ4n) is 9.52. The van der Waals surface area contributed by atoms with Gasteiger partial charge < -0.3 is 53.7 Å². The molecule has 0 aliphatic carbocycles. The SMILES string of the molecule is CC[C@@H]1OC(=O)[C@H](C)[C@@H](O[C@H]2C[C@@](C)(OC)[C@@H](C)[C@H](C)O2)[C@H](C)[C@@H](O[C@@H]2O[C@H](C)C[C@H](N(C)CC(C)C)[C@H]2O)[C@@](C)(O)C[C@@H](C)C[C@@H](C)[C@@H](O)[C@]1(C)O. The van der Waals surface area contributed by atoms with E-state index in [2.05, 4.69) is 25.7 Å². The number of esters is 1. The van der Waals surface area contributed by atoms with Gasteiger partial charge >= 0.3 is 5.97 Å². The van der Waals surface area contributed by atoms with Crippen molar-refractivity contribution >= 4 is 5.97 Å². The highest BCUT2D eigenvalue weighted by Gasteiger charge is 2.52. The van der Waals surface area contributed by atoms with E-state index in [1.807, 2.05) is 55.5 Å². The number of methoxy groups -OCH3 is 1. The molecule has 12 nitrogen and oxygen atoms in total. The minimum Gasteiger partial charge on any atom is -0.459 e. The Balaban J connectivity index is 2.14. The van der Waals surface area contributed by atoms with Crippen LogP contribution in [0.15, 0.2) is 0 Å². The van der Waals surface area contributed by atoms with E-state index < -0.39 is 77.7 Å². The summed E-state index contributed by atoms with van der Waals surface area (Å²) in [7, 11) is 3.67. The number of carbonyl (C=O) groups excluding carboxylic acids is 1. The van der Waals surface area contributed by atoms with Crippen LogP contribution >= 0.6 is 0 Å². The largest absolute Gasteiger partial charge is 0.459 e. The summed E-state index contributed by atoms with van der Waals surface area (Å²) in [6.45, 7) is 25.6. The van der Waals surface area contributed by atoms with Crippen molar-refractivity contribution < 1.29 is 53.6 Å². The lowest BCUT2D eigenvalue weighted by atomic mass is 9.74. The van der Waals surface area contributed by atoms with E-state index >= 15 is 0 Å². The number of hydrogen-bond acceptors (Lipinski definition) is 12. The van der Waals surface area contributed by atoms with Crippen molar-refractivity contribution in [1.29, 1.82) is 0 Å². The molecule has 0 amide bonds. The Bertz CT molecular complexity index is 1150. The molecule has 53 heavy (non-hydrogen) atoms. The van der Waals surface area contributed by atoms with Gasteiger partial charge in [0, 0.05) is 38.0 Å². The lowest BCUT2D eigenvalue weighted by Gasteiger charge is -2.49. The van der Waals surface area contributed by atoms with Gasteiger partial charge in [-0.05, 0) is 92.0 Å². The lowest BCUT2D eigenvalue weighted by Crippen LogP contribution is -2.60. The zero-order valence-electron chi connectivity index (χ0n) is 35.6. The molecule has 3 rings (SSSR count). The predicted molar refractivity (Wildman–Crippen MR) is 203 cm³/mol. The van der Waals surface area contributed by atoms with Crippen LogP contribution in [0.5, 0.6) is 0 Å². The summed E-state index contributed by atoms with van der Waals surface area (Å²) in [6, 6.07) is -0.239. The first kappa shape index (κ1) is 46.5. The number of aliphatic hydroxyl groups excluding tert-OH is 2. The number of aliphatic hydroxyl groups is 4. The van der Waals surface area contributed by atoms with E-state index in [1.54, 1.807) is 21.0 Å².